The van der Waals surface area contributed by atoms with Crippen molar-refractivity contribution < 1.29 is 27.8 Å². The van der Waals surface area contributed by atoms with Crippen LogP contribution in [0.5, 0.6) is 5.75 Å². The van der Waals surface area contributed by atoms with Gasteiger partial charge in [0.15, 0.2) is 0 Å². The first-order valence-electron chi connectivity index (χ1n) is 9.00. The Balaban J connectivity index is 2.24. The van der Waals surface area contributed by atoms with Gasteiger partial charge in [-0.1, -0.05) is 50.8 Å². The van der Waals surface area contributed by atoms with Crippen molar-refractivity contribution in [2.24, 2.45) is 0 Å². The molecule has 0 radical (unpaired) electrons. The Kier molecular flexibility index (Phi) is 7.28. The van der Waals surface area contributed by atoms with Gasteiger partial charge in [-0.15, -0.1) is 0 Å². The van der Waals surface area contributed by atoms with E-state index in [2.05, 4.69) is 6.92 Å². The first-order chi connectivity index (χ1) is 12.8. The van der Waals surface area contributed by atoms with Crippen molar-refractivity contribution in [3.63, 3.8) is 0 Å². The van der Waals surface area contributed by atoms with Gasteiger partial charge in [-0.25, -0.2) is 0 Å². The first-order valence-corrected chi connectivity index (χ1v) is 9.00. The second-order valence-corrected chi connectivity index (χ2v) is 6.42. The lowest BCUT2D eigenvalue weighted by molar-refractivity contribution is -0.271. The number of rotatable bonds is 8. The van der Waals surface area contributed by atoms with Crippen molar-refractivity contribution in [1.82, 2.24) is 0 Å². The number of carbonyl (C=O) groups is 1. The van der Waals surface area contributed by atoms with E-state index in [0.717, 1.165) is 49.8 Å². The number of halogens is 3. The van der Waals surface area contributed by atoms with E-state index in [1.165, 1.54) is 24.6 Å². The fourth-order valence-corrected chi connectivity index (χ4v) is 2.91. The maximum absolute atomic E-state index is 12.8. The van der Waals surface area contributed by atoms with Gasteiger partial charge in [0.05, 0.1) is 11.3 Å². The van der Waals surface area contributed by atoms with Crippen LogP contribution in [0.15, 0.2) is 42.5 Å². The summed E-state index contributed by atoms with van der Waals surface area (Å²) in [5.74, 6) is 0.0458. The van der Waals surface area contributed by atoms with Crippen molar-refractivity contribution in [2.75, 3.05) is 0 Å². The second-order valence-electron chi connectivity index (χ2n) is 6.42. The molecular formula is C21H22F3O3-. The molecule has 0 atom stereocenters. The molecule has 0 spiro atoms. The highest BCUT2D eigenvalue weighted by molar-refractivity contribution is 5.74. The van der Waals surface area contributed by atoms with Gasteiger partial charge in [0.25, 0.3) is 6.16 Å². The zero-order valence-corrected chi connectivity index (χ0v) is 15.1. The number of hydrogen-bond acceptors (Lipinski definition) is 3. The molecule has 0 amide bonds. The number of unbranched alkanes of at least 4 members (excludes halogenated alkanes) is 4. The van der Waals surface area contributed by atoms with Crippen LogP contribution in [0.1, 0.15) is 50.2 Å². The molecule has 6 heteroatoms. The molecule has 27 heavy (non-hydrogen) atoms. The van der Waals surface area contributed by atoms with Crippen LogP contribution in [0.25, 0.3) is 11.1 Å². The molecule has 0 heterocycles. The van der Waals surface area contributed by atoms with Crippen LogP contribution in [-0.2, 0) is 12.6 Å². The minimum atomic E-state index is -4.43. The van der Waals surface area contributed by atoms with Gasteiger partial charge < -0.3 is 14.6 Å². The number of alkyl halides is 3. The van der Waals surface area contributed by atoms with Crippen LogP contribution in [-0.4, -0.2) is 6.16 Å². The number of hydrogen-bond donors (Lipinski definition) is 0. The Bertz CT molecular complexity index is 752. The lowest BCUT2D eigenvalue weighted by Gasteiger charge is -2.16. The molecule has 0 aliphatic carbocycles. The van der Waals surface area contributed by atoms with Crippen LogP contribution >= 0.6 is 0 Å². The molecular weight excluding hydrogens is 357 g/mol. The third kappa shape index (κ3) is 6.31. The summed E-state index contributed by atoms with van der Waals surface area (Å²) < 4.78 is 43.0. The summed E-state index contributed by atoms with van der Waals surface area (Å²) in [6.45, 7) is 2.15. The molecule has 0 saturated heterocycles. The molecule has 0 aliphatic heterocycles. The summed E-state index contributed by atoms with van der Waals surface area (Å²) in [5, 5.41) is 10.8. The zero-order chi connectivity index (χ0) is 19.9. The minimum absolute atomic E-state index is 0.0458. The molecule has 0 bridgehead atoms. The van der Waals surface area contributed by atoms with Gasteiger partial charge in [0.2, 0.25) is 0 Å². The Hall–Kier alpha value is -2.50. The molecule has 146 valence electrons. The smallest absolute Gasteiger partial charge is 0.416 e. The number of ether oxygens (including phenoxy) is 1. The van der Waals surface area contributed by atoms with Crippen molar-refractivity contribution in [1.29, 1.82) is 0 Å². The number of carbonyl (C=O) groups excluding carboxylic acids is 1. The molecule has 0 aliphatic rings. The molecule has 0 N–H and O–H groups in total. The SMILES string of the molecule is CCCCCCCc1ccc(OC(=O)[O-])c(-c2ccc(C(F)(F)F)cc2)c1. The topological polar surface area (TPSA) is 49.4 Å². The van der Waals surface area contributed by atoms with Gasteiger partial charge in [0, 0.05) is 5.56 Å². The zero-order valence-electron chi connectivity index (χ0n) is 15.1. The van der Waals surface area contributed by atoms with E-state index >= 15 is 0 Å². The molecule has 2 aromatic rings. The Labute approximate surface area is 156 Å². The third-order valence-corrected chi connectivity index (χ3v) is 4.33. The van der Waals surface area contributed by atoms with Crippen LogP contribution < -0.4 is 9.84 Å². The highest BCUT2D eigenvalue weighted by Gasteiger charge is 2.30. The summed E-state index contributed by atoms with van der Waals surface area (Å²) in [5.41, 5.74) is 1.10. The molecule has 2 aromatic carbocycles. The van der Waals surface area contributed by atoms with Crippen molar-refractivity contribution in [3.8, 4) is 16.9 Å². The van der Waals surface area contributed by atoms with Crippen LogP contribution in [0.2, 0.25) is 0 Å². The second kappa shape index (κ2) is 9.44. The normalized spacial score (nSPS) is 11.4. The van der Waals surface area contributed by atoms with Crippen LogP contribution in [0.3, 0.4) is 0 Å². The monoisotopic (exact) mass is 379 g/mol. The van der Waals surface area contributed by atoms with Gasteiger partial charge in [-0.2, -0.15) is 13.2 Å². The predicted molar refractivity (Wildman–Crippen MR) is 95.4 cm³/mol. The average molecular weight is 379 g/mol. The van der Waals surface area contributed by atoms with E-state index in [9.17, 15) is 23.1 Å². The average Bonchev–Trinajstić information content (AvgIpc) is 2.61. The molecule has 3 nitrogen and oxygen atoms in total. The van der Waals surface area contributed by atoms with Gasteiger partial charge >= 0.3 is 6.18 Å². The largest absolute Gasteiger partial charge is 0.513 e. The quantitative estimate of drug-likeness (QED) is 0.340. The summed E-state index contributed by atoms with van der Waals surface area (Å²) in [6, 6.07) is 9.61. The highest BCUT2D eigenvalue weighted by Crippen LogP contribution is 2.35. The van der Waals surface area contributed by atoms with Crippen LogP contribution in [0, 0.1) is 0 Å². The summed E-state index contributed by atoms with van der Waals surface area (Å²) >= 11 is 0. The van der Waals surface area contributed by atoms with E-state index in [1.807, 2.05) is 0 Å². The molecule has 2 rings (SSSR count). The van der Waals surface area contributed by atoms with Crippen molar-refractivity contribution >= 4 is 6.16 Å². The standard InChI is InChI=1S/C21H23F3O3/c1-2-3-4-5-6-7-15-8-13-19(27-20(25)26)18(14-15)16-9-11-17(12-10-16)21(22,23)24/h8-14H,2-7H2,1H3,(H,25,26)/p-1. The van der Waals surface area contributed by atoms with Gasteiger partial charge in [0.1, 0.15) is 0 Å². The summed E-state index contributed by atoms with van der Waals surface area (Å²) in [4.78, 5) is 10.8. The van der Waals surface area contributed by atoms with E-state index in [4.69, 9.17) is 4.74 Å². The Morgan fingerprint density at radius 2 is 1.67 bits per heavy atom. The summed E-state index contributed by atoms with van der Waals surface area (Å²) in [6.07, 6.45) is 0.270. The van der Waals surface area contributed by atoms with E-state index in [1.54, 1.807) is 12.1 Å². The first kappa shape index (κ1) is 20.8. The van der Waals surface area contributed by atoms with E-state index < -0.39 is 17.9 Å². The molecule has 0 unspecified atom stereocenters. The number of benzene rings is 2. The Morgan fingerprint density at radius 3 is 2.26 bits per heavy atom. The maximum Gasteiger partial charge on any atom is 0.416 e. The van der Waals surface area contributed by atoms with Crippen LogP contribution in [0.4, 0.5) is 18.0 Å². The minimum Gasteiger partial charge on any atom is -0.513 e. The molecule has 0 fully saturated rings. The van der Waals surface area contributed by atoms with Crippen molar-refractivity contribution in [2.45, 2.75) is 51.6 Å². The highest BCUT2D eigenvalue weighted by atomic mass is 19.4. The van der Waals surface area contributed by atoms with Crippen molar-refractivity contribution in [3.05, 3.63) is 53.6 Å². The third-order valence-electron chi connectivity index (χ3n) is 4.33. The maximum atomic E-state index is 12.8. The van der Waals surface area contributed by atoms with Gasteiger partial charge in [-0.05, 0) is 48.2 Å². The van der Waals surface area contributed by atoms with E-state index in [0.29, 0.717) is 11.1 Å². The number of aryl methyl sites for hydroxylation is 1. The van der Waals surface area contributed by atoms with E-state index in [-0.39, 0.29) is 5.75 Å². The fraction of sp³-hybridized carbons (Fsp3) is 0.381. The molecule has 0 saturated carbocycles. The Morgan fingerprint density at radius 1 is 1.00 bits per heavy atom. The fourth-order valence-electron chi connectivity index (χ4n) is 2.91. The lowest BCUT2D eigenvalue weighted by atomic mass is 9.98. The molecule has 0 aromatic heterocycles. The van der Waals surface area contributed by atoms with Gasteiger partial charge in [-0.3, -0.25) is 0 Å². The predicted octanol–water partition coefficient (Wildman–Crippen LogP) is 5.61. The summed E-state index contributed by atoms with van der Waals surface area (Å²) in [7, 11) is 0. The lowest BCUT2D eigenvalue weighted by Crippen LogP contribution is -2.26. The number of carboxylic acid groups (broad SMARTS) is 1.